The summed E-state index contributed by atoms with van der Waals surface area (Å²) in [7, 11) is 1.54. The monoisotopic (exact) mass is 270 g/mol. The molecule has 0 aromatic carbocycles. The smallest absolute Gasteiger partial charge is 0.330 e. The summed E-state index contributed by atoms with van der Waals surface area (Å²) in [6.07, 6.45) is 1.74. The van der Waals surface area contributed by atoms with Crippen LogP contribution in [0.15, 0.2) is 9.59 Å². The van der Waals surface area contributed by atoms with Crippen LogP contribution >= 0.6 is 0 Å². The summed E-state index contributed by atoms with van der Waals surface area (Å²) in [6, 6.07) is 0.150. The molecule has 1 heterocycles. The summed E-state index contributed by atoms with van der Waals surface area (Å²) < 4.78 is 6.22. The SMILES string of the molecule is CCC(CC)Nc1c(N)n(CCOC)c(=O)[nH]c1=O. The molecule has 19 heavy (non-hydrogen) atoms. The van der Waals surface area contributed by atoms with Crippen molar-refractivity contribution < 1.29 is 4.74 Å². The number of aromatic amines is 1. The Morgan fingerprint density at radius 2 is 2.00 bits per heavy atom. The van der Waals surface area contributed by atoms with Gasteiger partial charge in [-0.15, -0.1) is 0 Å². The molecule has 0 radical (unpaired) electrons. The highest BCUT2D eigenvalue weighted by molar-refractivity contribution is 5.60. The van der Waals surface area contributed by atoms with Gasteiger partial charge in [0.05, 0.1) is 13.2 Å². The van der Waals surface area contributed by atoms with E-state index in [1.807, 2.05) is 13.8 Å². The minimum atomic E-state index is -0.519. The molecule has 108 valence electrons. The van der Waals surface area contributed by atoms with Crippen LogP contribution in [0.2, 0.25) is 0 Å². The third-order valence-electron chi connectivity index (χ3n) is 3.09. The van der Waals surface area contributed by atoms with Crippen molar-refractivity contribution in [3.05, 3.63) is 20.8 Å². The van der Waals surface area contributed by atoms with E-state index in [1.54, 1.807) is 0 Å². The second-order valence-corrected chi connectivity index (χ2v) is 4.32. The highest BCUT2D eigenvalue weighted by atomic mass is 16.5. The molecule has 0 aliphatic heterocycles. The summed E-state index contributed by atoms with van der Waals surface area (Å²) in [5.74, 6) is 0.151. The molecule has 4 N–H and O–H groups in total. The predicted molar refractivity (Wildman–Crippen MR) is 75.6 cm³/mol. The summed E-state index contributed by atoms with van der Waals surface area (Å²) in [5.41, 5.74) is 5.16. The summed E-state index contributed by atoms with van der Waals surface area (Å²) in [6.45, 7) is 4.69. The second-order valence-electron chi connectivity index (χ2n) is 4.32. The molecule has 0 aliphatic rings. The number of anilines is 2. The number of nitrogens with two attached hydrogens (primary N) is 1. The van der Waals surface area contributed by atoms with Gasteiger partial charge in [0.25, 0.3) is 5.56 Å². The minimum Gasteiger partial charge on any atom is -0.383 e. The number of ether oxygens (including phenoxy) is 1. The molecule has 1 rings (SSSR count). The fraction of sp³-hybridized carbons (Fsp3) is 0.667. The van der Waals surface area contributed by atoms with Crippen LogP contribution < -0.4 is 22.3 Å². The van der Waals surface area contributed by atoms with Crippen molar-refractivity contribution in [3.63, 3.8) is 0 Å². The van der Waals surface area contributed by atoms with E-state index in [4.69, 9.17) is 10.5 Å². The van der Waals surface area contributed by atoms with Gasteiger partial charge in [0.2, 0.25) is 0 Å². The number of aromatic nitrogens is 2. The Balaban J connectivity index is 3.17. The van der Waals surface area contributed by atoms with Gasteiger partial charge in [-0.1, -0.05) is 13.8 Å². The summed E-state index contributed by atoms with van der Waals surface area (Å²) in [5, 5.41) is 3.09. The molecule has 0 aliphatic carbocycles. The first-order valence-corrected chi connectivity index (χ1v) is 6.43. The van der Waals surface area contributed by atoms with E-state index in [0.29, 0.717) is 13.2 Å². The standard InChI is InChI=1S/C12H22N4O3/c1-4-8(5-2)14-9-10(13)16(6-7-19-3)12(18)15-11(9)17/h8,14H,4-7,13H2,1-3H3,(H,15,17,18). The number of methoxy groups -OCH3 is 1. The first-order valence-electron chi connectivity index (χ1n) is 6.43. The molecule has 7 heteroatoms. The zero-order valence-electron chi connectivity index (χ0n) is 11.7. The highest BCUT2D eigenvalue weighted by Crippen LogP contribution is 2.13. The van der Waals surface area contributed by atoms with Gasteiger partial charge in [0.1, 0.15) is 11.5 Å². The lowest BCUT2D eigenvalue weighted by molar-refractivity contribution is 0.186. The maximum absolute atomic E-state index is 11.8. The van der Waals surface area contributed by atoms with Crippen molar-refractivity contribution in [2.75, 3.05) is 24.8 Å². The van der Waals surface area contributed by atoms with Gasteiger partial charge in [-0.05, 0) is 12.8 Å². The van der Waals surface area contributed by atoms with Gasteiger partial charge in [0, 0.05) is 13.2 Å². The molecule has 1 aromatic rings. The number of nitrogens with zero attached hydrogens (tertiary/aromatic N) is 1. The number of rotatable bonds is 7. The van der Waals surface area contributed by atoms with Crippen molar-refractivity contribution in [1.29, 1.82) is 0 Å². The maximum atomic E-state index is 11.8. The Bertz CT molecular complexity index is 517. The summed E-state index contributed by atoms with van der Waals surface area (Å²) in [4.78, 5) is 25.8. The summed E-state index contributed by atoms with van der Waals surface area (Å²) >= 11 is 0. The molecule has 0 spiro atoms. The molecule has 1 aromatic heterocycles. The molecular formula is C12H22N4O3. The minimum absolute atomic E-state index is 0.150. The number of nitrogens with one attached hydrogen (secondary N) is 2. The fourth-order valence-electron chi connectivity index (χ4n) is 1.83. The number of hydrogen-bond acceptors (Lipinski definition) is 5. The van der Waals surface area contributed by atoms with Crippen molar-refractivity contribution in [2.45, 2.75) is 39.3 Å². The van der Waals surface area contributed by atoms with Crippen molar-refractivity contribution in [3.8, 4) is 0 Å². The van der Waals surface area contributed by atoms with Gasteiger partial charge in [-0.3, -0.25) is 14.3 Å². The van der Waals surface area contributed by atoms with Crippen LogP contribution in [0.3, 0.4) is 0 Å². The molecule has 0 atom stereocenters. The first-order chi connectivity index (χ1) is 9.04. The first kappa shape index (κ1) is 15.3. The van der Waals surface area contributed by atoms with Crippen LogP contribution in [-0.2, 0) is 11.3 Å². The van der Waals surface area contributed by atoms with E-state index < -0.39 is 11.2 Å². The fourth-order valence-corrected chi connectivity index (χ4v) is 1.83. The van der Waals surface area contributed by atoms with Crippen LogP contribution in [0.5, 0.6) is 0 Å². The lowest BCUT2D eigenvalue weighted by Crippen LogP contribution is -2.36. The van der Waals surface area contributed by atoms with Crippen LogP contribution in [0, 0.1) is 0 Å². The Morgan fingerprint density at radius 3 is 2.53 bits per heavy atom. The molecule has 0 bridgehead atoms. The third kappa shape index (κ3) is 3.60. The molecule has 0 saturated carbocycles. The molecule has 7 nitrogen and oxygen atoms in total. The molecule has 0 unspecified atom stereocenters. The predicted octanol–water partition coefficient (Wildman–Crippen LogP) is 0.366. The van der Waals surface area contributed by atoms with E-state index in [1.165, 1.54) is 11.7 Å². The van der Waals surface area contributed by atoms with Crippen LogP contribution in [-0.4, -0.2) is 29.3 Å². The highest BCUT2D eigenvalue weighted by Gasteiger charge is 2.14. The molecule has 0 saturated heterocycles. The van der Waals surface area contributed by atoms with Gasteiger partial charge in [0.15, 0.2) is 0 Å². The molecular weight excluding hydrogens is 248 g/mol. The Morgan fingerprint density at radius 1 is 1.37 bits per heavy atom. The second kappa shape index (κ2) is 6.98. The molecule has 0 amide bonds. The maximum Gasteiger partial charge on any atom is 0.330 e. The quantitative estimate of drug-likeness (QED) is 0.664. The Kier molecular flexibility index (Phi) is 5.62. The lowest BCUT2D eigenvalue weighted by Gasteiger charge is -2.18. The average Bonchev–Trinajstić information content (AvgIpc) is 2.38. The van der Waals surface area contributed by atoms with Gasteiger partial charge >= 0.3 is 5.69 Å². The third-order valence-corrected chi connectivity index (χ3v) is 3.09. The van der Waals surface area contributed by atoms with E-state index in [9.17, 15) is 9.59 Å². The topological polar surface area (TPSA) is 102 Å². The van der Waals surface area contributed by atoms with Crippen molar-refractivity contribution in [1.82, 2.24) is 9.55 Å². The molecule has 0 fully saturated rings. The largest absolute Gasteiger partial charge is 0.383 e. The van der Waals surface area contributed by atoms with Crippen LogP contribution in [0.1, 0.15) is 26.7 Å². The van der Waals surface area contributed by atoms with Gasteiger partial charge in [-0.2, -0.15) is 0 Å². The zero-order chi connectivity index (χ0) is 14.4. The van der Waals surface area contributed by atoms with E-state index in [2.05, 4.69) is 10.3 Å². The van der Waals surface area contributed by atoms with Crippen LogP contribution in [0.25, 0.3) is 0 Å². The van der Waals surface area contributed by atoms with E-state index in [0.717, 1.165) is 12.8 Å². The zero-order valence-corrected chi connectivity index (χ0v) is 11.7. The Labute approximate surface area is 111 Å². The normalized spacial score (nSPS) is 10.9. The van der Waals surface area contributed by atoms with Crippen molar-refractivity contribution >= 4 is 11.5 Å². The number of hydrogen-bond donors (Lipinski definition) is 3. The average molecular weight is 270 g/mol. The Hall–Kier alpha value is -1.76. The van der Waals surface area contributed by atoms with Gasteiger partial charge in [-0.25, -0.2) is 4.79 Å². The number of nitrogen functional groups attached to an aromatic ring is 1. The van der Waals surface area contributed by atoms with Crippen molar-refractivity contribution in [2.24, 2.45) is 0 Å². The number of H-pyrrole nitrogens is 1. The van der Waals surface area contributed by atoms with E-state index >= 15 is 0 Å². The van der Waals surface area contributed by atoms with E-state index in [-0.39, 0.29) is 17.5 Å². The van der Waals surface area contributed by atoms with Crippen LogP contribution in [0.4, 0.5) is 11.5 Å². The lowest BCUT2D eigenvalue weighted by atomic mass is 10.1. The van der Waals surface area contributed by atoms with Gasteiger partial charge < -0.3 is 15.8 Å².